The molecule has 0 bridgehead atoms. The average molecular weight is 326 g/mol. The lowest BCUT2D eigenvalue weighted by molar-refractivity contribution is -0.178. The van der Waals surface area contributed by atoms with E-state index in [9.17, 15) is 9.59 Å². The first kappa shape index (κ1) is 19.7. The molecule has 0 spiro atoms. The van der Waals surface area contributed by atoms with Crippen LogP contribution in [-0.4, -0.2) is 35.9 Å². The number of hydrogen-bond donors (Lipinski definition) is 0. The van der Waals surface area contributed by atoms with Crippen molar-refractivity contribution in [2.45, 2.75) is 84.7 Å². The second-order valence-electron chi connectivity index (χ2n) is 7.49. The smallest absolute Gasteiger partial charge is 0.333 e. The van der Waals surface area contributed by atoms with Crippen molar-refractivity contribution in [2.75, 3.05) is 0 Å². The minimum Gasteiger partial charge on any atom is -0.463 e. The molecule has 0 amide bonds. The van der Waals surface area contributed by atoms with Gasteiger partial charge in [-0.05, 0) is 60.8 Å². The molecule has 0 aromatic rings. The predicted molar refractivity (Wildman–Crippen MR) is 87.9 cm³/mol. The fourth-order valence-electron chi connectivity index (χ4n) is 2.60. The van der Waals surface area contributed by atoms with Crippen LogP contribution in [0.2, 0.25) is 0 Å². The van der Waals surface area contributed by atoms with E-state index < -0.39 is 5.97 Å². The number of rotatable bonds is 5. The largest absolute Gasteiger partial charge is 0.463 e. The van der Waals surface area contributed by atoms with Crippen LogP contribution in [0.3, 0.4) is 0 Å². The van der Waals surface area contributed by atoms with Gasteiger partial charge in [-0.15, -0.1) is 0 Å². The molecule has 1 fully saturated rings. The third-order valence-electron chi connectivity index (χ3n) is 3.53. The zero-order valence-electron chi connectivity index (χ0n) is 15.2. The highest BCUT2D eigenvalue weighted by atomic mass is 16.6. The molecular formula is C18H30O5. The molecule has 0 radical (unpaired) electrons. The number of carbonyl (C=O) groups excluding carboxylic acids is 2. The van der Waals surface area contributed by atoms with Gasteiger partial charge in [0.05, 0.1) is 23.7 Å². The summed E-state index contributed by atoms with van der Waals surface area (Å²) in [6.07, 6.45) is 0.889. The molecule has 1 rings (SSSR count). The van der Waals surface area contributed by atoms with Gasteiger partial charge in [-0.3, -0.25) is 4.79 Å². The maximum atomic E-state index is 12.2. The molecule has 0 aromatic heterocycles. The van der Waals surface area contributed by atoms with Gasteiger partial charge in [0.25, 0.3) is 0 Å². The normalized spacial score (nSPS) is 25.1. The van der Waals surface area contributed by atoms with Gasteiger partial charge in [0, 0.05) is 5.57 Å². The summed E-state index contributed by atoms with van der Waals surface area (Å²) < 4.78 is 16.9. The zero-order valence-corrected chi connectivity index (χ0v) is 15.2. The topological polar surface area (TPSA) is 61.8 Å². The maximum absolute atomic E-state index is 12.2. The number of carbonyl (C=O) groups is 2. The van der Waals surface area contributed by atoms with E-state index >= 15 is 0 Å². The van der Waals surface area contributed by atoms with E-state index in [1.807, 2.05) is 34.6 Å². The molecule has 132 valence electrons. The third-order valence-corrected chi connectivity index (χ3v) is 3.53. The minimum absolute atomic E-state index is 0.136. The highest BCUT2D eigenvalue weighted by molar-refractivity contribution is 5.87. The van der Waals surface area contributed by atoms with E-state index in [1.165, 1.54) is 0 Å². The summed E-state index contributed by atoms with van der Waals surface area (Å²) in [5.41, 5.74) is -0.0246. The van der Waals surface area contributed by atoms with E-state index in [-0.39, 0.29) is 35.8 Å². The van der Waals surface area contributed by atoms with Crippen molar-refractivity contribution < 1.29 is 23.8 Å². The molecule has 0 aromatic carbocycles. The Labute approximate surface area is 139 Å². The van der Waals surface area contributed by atoms with E-state index in [0.29, 0.717) is 24.8 Å². The summed E-state index contributed by atoms with van der Waals surface area (Å²) in [6.45, 7) is 14.7. The quantitative estimate of drug-likeness (QED) is 0.572. The SMILES string of the molecule is C=C(C)C(=O)OC1CCC(C(=O)OC(C)C)CC1OC(C)(C)C. The van der Waals surface area contributed by atoms with Gasteiger partial charge >= 0.3 is 11.9 Å². The van der Waals surface area contributed by atoms with Crippen LogP contribution in [0.4, 0.5) is 0 Å². The molecule has 1 saturated carbocycles. The lowest BCUT2D eigenvalue weighted by Gasteiger charge is -2.38. The fraction of sp³-hybridized carbons (Fsp3) is 0.778. The Morgan fingerprint density at radius 2 is 1.74 bits per heavy atom. The van der Waals surface area contributed by atoms with E-state index in [0.717, 1.165) is 0 Å². The minimum atomic E-state index is -0.416. The molecule has 3 unspecified atom stereocenters. The first-order valence-electron chi connectivity index (χ1n) is 8.24. The summed E-state index contributed by atoms with van der Waals surface area (Å²) in [5, 5.41) is 0. The Morgan fingerprint density at radius 3 is 2.22 bits per heavy atom. The van der Waals surface area contributed by atoms with Gasteiger partial charge in [-0.1, -0.05) is 6.58 Å². The van der Waals surface area contributed by atoms with Crippen LogP contribution in [0.15, 0.2) is 12.2 Å². The van der Waals surface area contributed by atoms with Crippen molar-refractivity contribution in [3.8, 4) is 0 Å². The first-order chi connectivity index (χ1) is 10.5. The van der Waals surface area contributed by atoms with Crippen LogP contribution in [0, 0.1) is 5.92 Å². The third kappa shape index (κ3) is 6.73. The predicted octanol–water partition coefficient (Wildman–Crippen LogP) is 3.41. The van der Waals surface area contributed by atoms with Gasteiger partial charge in [0.15, 0.2) is 0 Å². The molecule has 5 nitrogen and oxygen atoms in total. The van der Waals surface area contributed by atoms with Gasteiger partial charge in [-0.2, -0.15) is 0 Å². The molecule has 1 aliphatic carbocycles. The molecule has 0 aliphatic heterocycles. The fourth-order valence-corrected chi connectivity index (χ4v) is 2.60. The number of esters is 2. The number of ether oxygens (including phenoxy) is 3. The second-order valence-corrected chi connectivity index (χ2v) is 7.49. The van der Waals surface area contributed by atoms with Crippen molar-refractivity contribution in [3.05, 3.63) is 12.2 Å². The molecule has 3 atom stereocenters. The number of hydrogen-bond acceptors (Lipinski definition) is 5. The Bertz CT molecular complexity index is 447. The summed E-state index contributed by atoms with van der Waals surface area (Å²) in [7, 11) is 0. The average Bonchev–Trinajstić information content (AvgIpc) is 2.37. The van der Waals surface area contributed by atoms with Crippen LogP contribution in [0.25, 0.3) is 0 Å². The van der Waals surface area contributed by atoms with Crippen LogP contribution in [0.5, 0.6) is 0 Å². The summed E-state index contributed by atoms with van der Waals surface area (Å²) in [4.78, 5) is 24.0. The zero-order chi connectivity index (χ0) is 17.8. The van der Waals surface area contributed by atoms with Gasteiger partial charge in [0.2, 0.25) is 0 Å². The highest BCUT2D eigenvalue weighted by Gasteiger charge is 2.39. The standard InChI is InChI=1S/C18H30O5/c1-11(2)16(19)22-14-9-8-13(17(20)21-12(3)4)10-15(14)23-18(5,6)7/h12-15H,1,8-10H2,2-7H3. The molecule has 0 N–H and O–H groups in total. The van der Waals surface area contributed by atoms with Gasteiger partial charge < -0.3 is 14.2 Å². The lowest BCUT2D eigenvalue weighted by atomic mass is 9.84. The van der Waals surface area contributed by atoms with Crippen molar-refractivity contribution in [3.63, 3.8) is 0 Å². The van der Waals surface area contributed by atoms with Crippen molar-refractivity contribution in [1.29, 1.82) is 0 Å². The maximum Gasteiger partial charge on any atom is 0.333 e. The van der Waals surface area contributed by atoms with Crippen molar-refractivity contribution in [2.24, 2.45) is 5.92 Å². The van der Waals surface area contributed by atoms with Crippen LogP contribution in [-0.2, 0) is 23.8 Å². The van der Waals surface area contributed by atoms with Gasteiger partial charge in [0.1, 0.15) is 6.10 Å². The molecule has 0 heterocycles. The lowest BCUT2D eigenvalue weighted by Crippen LogP contribution is -2.45. The van der Waals surface area contributed by atoms with Crippen molar-refractivity contribution >= 4 is 11.9 Å². The monoisotopic (exact) mass is 326 g/mol. The highest BCUT2D eigenvalue weighted by Crippen LogP contribution is 2.32. The summed E-state index contributed by atoms with van der Waals surface area (Å²) in [5.74, 6) is -0.836. The summed E-state index contributed by atoms with van der Waals surface area (Å²) >= 11 is 0. The van der Waals surface area contributed by atoms with E-state index in [2.05, 4.69) is 6.58 Å². The Balaban J connectivity index is 2.79. The van der Waals surface area contributed by atoms with E-state index in [4.69, 9.17) is 14.2 Å². The van der Waals surface area contributed by atoms with Crippen LogP contribution in [0.1, 0.15) is 60.8 Å². The second kappa shape index (κ2) is 7.95. The Morgan fingerprint density at radius 1 is 1.13 bits per heavy atom. The first-order valence-corrected chi connectivity index (χ1v) is 8.24. The van der Waals surface area contributed by atoms with Crippen LogP contribution < -0.4 is 0 Å². The summed E-state index contributed by atoms with van der Waals surface area (Å²) in [6, 6.07) is 0. The Hall–Kier alpha value is -1.36. The molecule has 1 aliphatic rings. The molecule has 0 saturated heterocycles. The van der Waals surface area contributed by atoms with Crippen molar-refractivity contribution in [1.82, 2.24) is 0 Å². The van der Waals surface area contributed by atoms with Gasteiger partial charge in [-0.25, -0.2) is 4.79 Å². The van der Waals surface area contributed by atoms with E-state index in [1.54, 1.807) is 6.92 Å². The molecule has 5 heteroatoms. The Kier molecular flexibility index (Phi) is 6.81. The van der Waals surface area contributed by atoms with Crippen LogP contribution >= 0.6 is 0 Å². The molecular weight excluding hydrogens is 296 g/mol. The molecule has 23 heavy (non-hydrogen) atoms.